The predicted molar refractivity (Wildman–Crippen MR) is 49.0 cm³/mol. The molecule has 0 fully saturated rings. The van der Waals surface area contributed by atoms with Crippen molar-refractivity contribution in [2.45, 2.75) is 13.5 Å². The molecule has 3 nitrogen and oxygen atoms in total. The normalized spacial score (nSPS) is 10.4. The van der Waals surface area contributed by atoms with E-state index in [1.807, 2.05) is 19.2 Å². The molecule has 0 saturated carbocycles. The maximum Gasteiger partial charge on any atom is 0.0590 e. The molecule has 12 heavy (non-hydrogen) atoms. The first-order chi connectivity index (χ1) is 5.93. The van der Waals surface area contributed by atoms with Crippen molar-refractivity contribution in [2.24, 2.45) is 0 Å². The topological polar surface area (TPSA) is 37.0 Å². The highest BCUT2D eigenvalue weighted by Crippen LogP contribution is 1.91. The highest BCUT2D eigenvalue weighted by atomic mass is 16.5. The van der Waals surface area contributed by atoms with Gasteiger partial charge in [0.15, 0.2) is 0 Å². The molecule has 1 aromatic rings. The Kier molecular flexibility index (Phi) is 4.49. The summed E-state index contributed by atoms with van der Waals surface area (Å²) in [7, 11) is 0. The number of aromatic amines is 1. The lowest BCUT2D eigenvalue weighted by Crippen LogP contribution is -2.19. The maximum absolute atomic E-state index is 5.18. The van der Waals surface area contributed by atoms with Crippen LogP contribution in [0.2, 0.25) is 0 Å². The average Bonchev–Trinajstić information content (AvgIpc) is 2.57. The minimum Gasteiger partial charge on any atom is -0.380 e. The van der Waals surface area contributed by atoms with Crippen molar-refractivity contribution in [3.05, 3.63) is 24.0 Å². The second kappa shape index (κ2) is 5.80. The SMILES string of the molecule is CCOCCNCc1ccc[nH]1. The molecular formula is C9H16N2O. The first-order valence-corrected chi connectivity index (χ1v) is 4.34. The molecule has 68 valence electrons. The summed E-state index contributed by atoms with van der Waals surface area (Å²) in [4.78, 5) is 3.12. The van der Waals surface area contributed by atoms with Gasteiger partial charge in [-0.1, -0.05) is 0 Å². The molecule has 1 rings (SSSR count). The van der Waals surface area contributed by atoms with Crippen LogP contribution in [0.4, 0.5) is 0 Å². The molecule has 0 unspecified atom stereocenters. The van der Waals surface area contributed by atoms with E-state index in [9.17, 15) is 0 Å². The molecule has 1 heterocycles. The summed E-state index contributed by atoms with van der Waals surface area (Å²) in [6, 6.07) is 4.06. The summed E-state index contributed by atoms with van der Waals surface area (Å²) >= 11 is 0. The third kappa shape index (κ3) is 3.55. The molecule has 0 atom stereocenters. The van der Waals surface area contributed by atoms with Crippen LogP contribution in [0.1, 0.15) is 12.6 Å². The lowest BCUT2D eigenvalue weighted by atomic mass is 10.4. The fourth-order valence-corrected chi connectivity index (χ4v) is 0.989. The minimum atomic E-state index is 0.789. The number of rotatable bonds is 6. The van der Waals surface area contributed by atoms with E-state index in [4.69, 9.17) is 4.74 Å². The second-order valence-corrected chi connectivity index (χ2v) is 2.57. The van der Waals surface area contributed by atoms with Crippen LogP contribution < -0.4 is 5.32 Å². The first-order valence-electron chi connectivity index (χ1n) is 4.34. The number of ether oxygens (including phenoxy) is 1. The Labute approximate surface area is 73.1 Å². The van der Waals surface area contributed by atoms with Gasteiger partial charge in [0.25, 0.3) is 0 Å². The van der Waals surface area contributed by atoms with E-state index in [-0.39, 0.29) is 0 Å². The Hall–Kier alpha value is -0.800. The Bertz CT molecular complexity index is 184. The van der Waals surface area contributed by atoms with E-state index >= 15 is 0 Å². The van der Waals surface area contributed by atoms with Gasteiger partial charge in [-0.2, -0.15) is 0 Å². The van der Waals surface area contributed by atoms with Crippen molar-refractivity contribution in [3.63, 3.8) is 0 Å². The van der Waals surface area contributed by atoms with E-state index in [0.717, 1.165) is 26.3 Å². The monoisotopic (exact) mass is 168 g/mol. The van der Waals surface area contributed by atoms with Crippen LogP contribution in [0.25, 0.3) is 0 Å². The third-order valence-corrected chi connectivity index (χ3v) is 1.61. The van der Waals surface area contributed by atoms with Crippen molar-refractivity contribution in [1.82, 2.24) is 10.3 Å². The summed E-state index contributed by atoms with van der Waals surface area (Å²) in [5, 5.41) is 3.27. The fraction of sp³-hybridized carbons (Fsp3) is 0.556. The minimum absolute atomic E-state index is 0.789. The van der Waals surface area contributed by atoms with Gasteiger partial charge in [0.1, 0.15) is 0 Å². The summed E-state index contributed by atoms with van der Waals surface area (Å²) in [5.41, 5.74) is 1.21. The summed E-state index contributed by atoms with van der Waals surface area (Å²) in [6.45, 7) is 5.39. The summed E-state index contributed by atoms with van der Waals surface area (Å²) in [5.74, 6) is 0. The molecule has 0 radical (unpaired) electrons. The van der Waals surface area contributed by atoms with Crippen molar-refractivity contribution >= 4 is 0 Å². The van der Waals surface area contributed by atoms with Gasteiger partial charge in [0.2, 0.25) is 0 Å². The molecule has 1 aromatic heterocycles. The van der Waals surface area contributed by atoms with Gasteiger partial charge in [-0.3, -0.25) is 0 Å². The van der Waals surface area contributed by atoms with Gasteiger partial charge < -0.3 is 15.0 Å². The van der Waals surface area contributed by atoms with Crippen LogP contribution in [0.3, 0.4) is 0 Å². The predicted octanol–water partition coefficient (Wildman–Crippen LogP) is 1.14. The number of nitrogens with one attached hydrogen (secondary N) is 2. The lowest BCUT2D eigenvalue weighted by Gasteiger charge is -2.02. The maximum atomic E-state index is 5.18. The molecule has 0 aromatic carbocycles. The van der Waals surface area contributed by atoms with Gasteiger partial charge in [-0.25, -0.2) is 0 Å². The zero-order valence-electron chi connectivity index (χ0n) is 7.47. The number of hydrogen-bond acceptors (Lipinski definition) is 2. The third-order valence-electron chi connectivity index (χ3n) is 1.61. The van der Waals surface area contributed by atoms with Crippen LogP contribution >= 0.6 is 0 Å². The Morgan fingerprint density at radius 1 is 1.58 bits per heavy atom. The Morgan fingerprint density at radius 2 is 2.50 bits per heavy atom. The number of H-pyrrole nitrogens is 1. The quantitative estimate of drug-likeness (QED) is 0.625. The van der Waals surface area contributed by atoms with Crippen LogP contribution in [0, 0.1) is 0 Å². The zero-order valence-corrected chi connectivity index (χ0v) is 7.47. The van der Waals surface area contributed by atoms with E-state index in [1.165, 1.54) is 5.69 Å². The molecule has 0 aliphatic rings. The molecule has 0 amide bonds. The van der Waals surface area contributed by atoms with Crippen LogP contribution in [0.5, 0.6) is 0 Å². The molecule has 0 aliphatic heterocycles. The molecule has 0 bridgehead atoms. The van der Waals surface area contributed by atoms with Crippen LogP contribution in [0.15, 0.2) is 18.3 Å². The molecule has 0 aliphatic carbocycles. The molecule has 3 heteroatoms. The first kappa shape index (κ1) is 9.29. The van der Waals surface area contributed by atoms with E-state index in [2.05, 4.69) is 16.4 Å². The second-order valence-electron chi connectivity index (χ2n) is 2.57. The van der Waals surface area contributed by atoms with E-state index < -0.39 is 0 Å². The Morgan fingerprint density at radius 3 is 3.17 bits per heavy atom. The van der Waals surface area contributed by atoms with Gasteiger partial charge >= 0.3 is 0 Å². The standard InChI is InChI=1S/C9H16N2O/c1-2-12-7-6-10-8-9-4-3-5-11-9/h3-5,10-11H,2,6-8H2,1H3. The zero-order chi connectivity index (χ0) is 8.65. The highest BCUT2D eigenvalue weighted by Gasteiger charge is 1.90. The average molecular weight is 168 g/mol. The van der Waals surface area contributed by atoms with Crippen molar-refractivity contribution in [3.8, 4) is 0 Å². The van der Waals surface area contributed by atoms with E-state index in [0.29, 0.717) is 0 Å². The van der Waals surface area contributed by atoms with Crippen molar-refractivity contribution in [1.29, 1.82) is 0 Å². The van der Waals surface area contributed by atoms with Crippen molar-refractivity contribution in [2.75, 3.05) is 19.8 Å². The van der Waals surface area contributed by atoms with Gasteiger partial charge in [-0.05, 0) is 19.1 Å². The number of aromatic nitrogens is 1. The number of hydrogen-bond donors (Lipinski definition) is 2. The van der Waals surface area contributed by atoms with Crippen LogP contribution in [-0.2, 0) is 11.3 Å². The fourth-order valence-electron chi connectivity index (χ4n) is 0.989. The highest BCUT2D eigenvalue weighted by molar-refractivity contribution is 5.02. The van der Waals surface area contributed by atoms with Gasteiger partial charge in [0, 0.05) is 31.6 Å². The van der Waals surface area contributed by atoms with Gasteiger partial charge in [-0.15, -0.1) is 0 Å². The van der Waals surface area contributed by atoms with E-state index in [1.54, 1.807) is 0 Å². The molecule has 0 saturated heterocycles. The summed E-state index contributed by atoms with van der Waals surface area (Å²) in [6.07, 6.45) is 1.93. The lowest BCUT2D eigenvalue weighted by molar-refractivity contribution is 0.149. The molecule has 2 N–H and O–H groups in total. The molecular weight excluding hydrogens is 152 g/mol. The largest absolute Gasteiger partial charge is 0.380 e. The van der Waals surface area contributed by atoms with Crippen LogP contribution in [-0.4, -0.2) is 24.7 Å². The smallest absolute Gasteiger partial charge is 0.0590 e. The Balaban J connectivity index is 1.96. The summed E-state index contributed by atoms with van der Waals surface area (Å²) < 4.78 is 5.18. The van der Waals surface area contributed by atoms with Crippen molar-refractivity contribution < 1.29 is 4.74 Å². The molecule has 0 spiro atoms. The van der Waals surface area contributed by atoms with Gasteiger partial charge in [0.05, 0.1) is 6.61 Å².